The molecule has 0 amide bonds. The third-order valence-electron chi connectivity index (χ3n) is 1.47. The molecule has 1 saturated heterocycles. The molecule has 0 radical (unpaired) electrons. The lowest BCUT2D eigenvalue weighted by Crippen LogP contribution is -2.16. The minimum atomic E-state index is 0.778. The molecule has 0 aromatic carbocycles. The van der Waals surface area contributed by atoms with Gasteiger partial charge in [-0.3, -0.25) is 0 Å². The van der Waals surface area contributed by atoms with E-state index >= 15 is 0 Å². The molecule has 0 atom stereocenters. The SMILES string of the molecule is C1COCCO1.C=CC=CCCC. The lowest BCUT2D eigenvalue weighted by Gasteiger charge is -2.09. The van der Waals surface area contributed by atoms with Crippen LogP contribution in [0.25, 0.3) is 0 Å². The van der Waals surface area contributed by atoms with Gasteiger partial charge >= 0.3 is 0 Å². The summed E-state index contributed by atoms with van der Waals surface area (Å²) in [5.41, 5.74) is 0. The molecular weight excluding hydrogens is 164 g/mol. The third kappa shape index (κ3) is 11.4. The molecule has 76 valence electrons. The molecular formula is C11H20O2. The van der Waals surface area contributed by atoms with E-state index in [2.05, 4.69) is 19.6 Å². The van der Waals surface area contributed by atoms with Crippen molar-refractivity contribution < 1.29 is 9.47 Å². The maximum Gasteiger partial charge on any atom is 0.0701 e. The first-order chi connectivity index (χ1) is 6.41. The zero-order valence-electron chi connectivity index (χ0n) is 8.50. The first kappa shape index (κ1) is 12.4. The Labute approximate surface area is 81.2 Å². The second kappa shape index (κ2) is 11.4. The number of hydrogen-bond donors (Lipinski definition) is 0. The summed E-state index contributed by atoms with van der Waals surface area (Å²) in [5, 5.41) is 0. The van der Waals surface area contributed by atoms with Gasteiger partial charge in [-0.05, 0) is 6.42 Å². The zero-order valence-corrected chi connectivity index (χ0v) is 8.50. The van der Waals surface area contributed by atoms with Crippen molar-refractivity contribution in [2.45, 2.75) is 19.8 Å². The fourth-order valence-corrected chi connectivity index (χ4v) is 0.799. The van der Waals surface area contributed by atoms with Gasteiger partial charge in [0.15, 0.2) is 0 Å². The number of ether oxygens (including phenoxy) is 2. The number of hydrogen-bond acceptors (Lipinski definition) is 2. The molecule has 0 saturated carbocycles. The number of unbranched alkanes of at least 4 members (excludes halogenated alkanes) is 1. The Hall–Kier alpha value is -0.600. The minimum Gasteiger partial charge on any atom is -0.377 e. The first-order valence-corrected chi connectivity index (χ1v) is 4.84. The summed E-state index contributed by atoms with van der Waals surface area (Å²) in [6, 6.07) is 0. The molecule has 13 heavy (non-hydrogen) atoms. The summed E-state index contributed by atoms with van der Waals surface area (Å²) in [7, 11) is 0. The van der Waals surface area contributed by atoms with Gasteiger partial charge in [0.05, 0.1) is 26.4 Å². The second-order valence-corrected chi connectivity index (χ2v) is 2.68. The highest BCUT2D eigenvalue weighted by Crippen LogP contribution is 1.86. The molecule has 0 aromatic heterocycles. The molecule has 1 rings (SSSR count). The van der Waals surface area contributed by atoms with E-state index < -0.39 is 0 Å². The van der Waals surface area contributed by atoms with Crippen LogP contribution in [0.1, 0.15) is 19.8 Å². The van der Waals surface area contributed by atoms with Gasteiger partial charge in [0.2, 0.25) is 0 Å². The Balaban J connectivity index is 0.000000223. The van der Waals surface area contributed by atoms with Crippen molar-refractivity contribution in [1.82, 2.24) is 0 Å². The monoisotopic (exact) mass is 184 g/mol. The van der Waals surface area contributed by atoms with E-state index in [1.54, 1.807) is 6.08 Å². The Morgan fingerprint density at radius 2 is 1.69 bits per heavy atom. The third-order valence-corrected chi connectivity index (χ3v) is 1.47. The van der Waals surface area contributed by atoms with Gasteiger partial charge in [0.1, 0.15) is 0 Å². The van der Waals surface area contributed by atoms with Crippen molar-refractivity contribution >= 4 is 0 Å². The van der Waals surface area contributed by atoms with Crippen molar-refractivity contribution in [1.29, 1.82) is 0 Å². The Kier molecular flexibility index (Phi) is 10.9. The average molecular weight is 184 g/mol. The van der Waals surface area contributed by atoms with Gasteiger partial charge in [0.25, 0.3) is 0 Å². The molecule has 0 aliphatic carbocycles. The van der Waals surface area contributed by atoms with Crippen LogP contribution in [0.3, 0.4) is 0 Å². The van der Waals surface area contributed by atoms with Crippen LogP contribution < -0.4 is 0 Å². The van der Waals surface area contributed by atoms with E-state index in [-0.39, 0.29) is 0 Å². The molecule has 0 aromatic rings. The van der Waals surface area contributed by atoms with E-state index in [1.165, 1.54) is 12.8 Å². The van der Waals surface area contributed by atoms with E-state index in [9.17, 15) is 0 Å². The lowest BCUT2D eigenvalue weighted by atomic mass is 10.3. The van der Waals surface area contributed by atoms with Gasteiger partial charge in [-0.1, -0.05) is 38.2 Å². The van der Waals surface area contributed by atoms with Crippen LogP contribution in [0.2, 0.25) is 0 Å². The van der Waals surface area contributed by atoms with Crippen molar-refractivity contribution in [2.24, 2.45) is 0 Å². The van der Waals surface area contributed by atoms with Crippen LogP contribution in [0, 0.1) is 0 Å². The van der Waals surface area contributed by atoms with E-state index in [1.807, 2.05) is 6.08 Å². The molecule has 0 bridgehead atoms. The average Bonchev–Trinajstić information content (AvgIpc) is 2.22. The molecule has 0 N–H and O–H groups in total. The standard InChI is InChI=1S/C7H12.C4H8O2/c1-3-5-7-6-4-2;1-2-6-4-3-5-1/h3,5,7H,1,4,6H2,2H3;1-4H2. The van der Waals surface area contributed by atoms with Crippen LogP contribution in [0.4, 0.5) is 0 Å². The van der Waals surface area contributed by atoms with Crippen molar-refractivity contribution in [2.75, 3.05) is 26.4 Å². The Morgan fingerprint density at radius 3 is 2.00 bits per heavy atom. The second-order valence-electron chi connectivity index (χ2n) is 2.68. The Morgan fingerprint density at radius 1 is 1.15 bits per heavy atom. The maximum atomic E-state index is 4.94. The lowest BCUT2D eigenvalue weighted by molar-refractivity contribution is -0.0334. The molecule has 1 fully saturated rings. The van der Waals surface area contributed by atoms with Gasteiger partial charge in [0, 0.05) is 0 Å². The predicted octanol–water partition coefficient (Wildman–Crippen LogP) is 2.56. The normalized spacial score (nSPS) is 16.4. The predicted molar refractivity (Wildman–Crippen MR) is 55.9 cm³/mol. The van der Waals surface area contributed by atoms with Crippen molar-refractivity contribution in [3.05, 3.63) is 24.8 Å². The van der Waals surface area contributed by atoms with Crippen LogP contribution in [-0.4, -0.2) is 26.4 Å². The molecule has 2 nitrogen and oxygen atoms in total. The summed E-state index contributed by atoms with van der Waals surface area (Å²) < 4.78 is 9.89. The van der Waals surface area contributed by atoms with Gasteiger partial charge in [-0.25, -0.2) is 0 Å². The fourth-order valence-electron chi connectivity index (χ4n) is 0.799. The fraction of sp³-hybridized carbons (Fsp3) is 0.636. The summed E-state index contributed by atoms with van der Waals surface area (Å²) in [4.78, 5) is 0. The highest BCUT2D eigenvalue weighted by atomic mass is 16.6. The first-order valence-electron chi connectivity index (χ1n) is 4.84. The van der Waals surface area contributed by atoms with Crippen molar-refractivity contribution in [3.63, 3.8) is 0 Å². The summed E-state index contributed by atoms with van der Waals surface area (Å²) in [6.07, 6.45) is 8.29. The van der Waals surface area contributed by atoms with Crippen LogP contribution >= 0.6 is 0 Å². The summed E-state index contributed by atoms with van der Waals surface area (Å²) >= 11 is 0. The molecule has 1 heterocycles. The van der Waals surface area contributed by atoms with Gasteiger partial charge in [-0.15, -0.1) is 0 Å². The van der Waals surface area contributed by atoms with E-state index in [0.29, 0.717) is 0 Å². The topological polar surface area (TPSA) is 18.5 Å². The molecule has 0 unspecified atom stereocenters. The summed E-state index contributed by atoms with van der Waals surface area (Å²) in [5.74, 6) is 0. The van der Waals surface area contributed by atoms with E-state index in [0.717, 1.165) is 26.4 Å². The van der Waals surface area contributed by atoms with E-state index in [4.69, 9.17) is 9.47 Å². The number of rotatable bonds is 3. The smallest absolute Gasteiger partial charge is 0.0701 e. The highest BCUT2D eigenvalue weighted by Gasteiger charge is 1.94. The zero-order chi connectivity index (χ0) is 9.78. The molecule has 0 spiro atoms. The maximum absolute atomic E-state index is 4.94. The largest absolute Gasteiger partial charge is 0.377 e. The van der Waals surface area contributed by atoms with Crippen LogP contribution in [-0.2, 0) is 9.47 Å². The molecule has 1 aliphatic rings. The summed E-state index contributed by atoms with van der Waals surface area (Å²) in [6.45, 7) is 8.82. The molecule has 2 heteroatoms. The highest BCUT2D eigenvalue weighted by molar-refractivity contribution is 4.96. The van der Waals surface area contributed by atoms with Gasteiger partial charge in [-0.2, -0.15) is 0 Å². The van der Waals surface area contributed by atoms with Crippen molar-refractivity contribution in [3.8, 4) is 0 Å². The Bertz CT molecular complexity index is 115. The number of allylic oxidation sites excluding steroid dienone is 3. The van der Waals surface area contributed by atoms with Crippen LogP contribution in [0.5, 0.6) is 0 Å². The molecule has 1 aliphatic heterocycles. The van der Waals surface area contributed by atoms with Crippen LogP contribution in [0.15, 0.2) is 24.8 Å². The van der Waals surface area contributed by atoms with Gasteiger partial charge < -0.3 is 9.47 Å². The minimum absolute atomic E-state index is 0.778. The quantitative estimate of drug-likeness (QED) is 0.628.